The van der Waals surface area contributed by atoms with Crippen LogP contribution in [0.15, 0.2) is 65.6 Å². The van der Waals surface area contributed by atoms with Crippen molar-refractivity contribution in [1.29, 1.82) is 0 Å². The smallest absolute Gasteiger partial charge is 0.339 e. The SMILES string of the molecule is CCC(c1c(NS(=O)(=O)c2cccc(-c3ccccc3O)c2)ccc(C(=O)O)c1O)N1CCOCC1. The number of nitrogens with one attached hydrogen (secondary N) is 1. The minimum atomic E-state index is -4.13. The molecule has 1 atom stereocenters. The predicted octanol–water partition coefficient (Wildman–Crippen LogP) is 4.05. The number of rotatable bonds is 8. The second kappa shape index (κ2) is 10.6. The number of para-hydroxylation sites is 1. The number of carboxylic acids is 1. The van der Waals surface area contributed by atoms with Gasteiger partial charge in [-0.1, -0.05) is 37.3 Å². The van der Waals surface area contributed by atoms with Crippen molar-refractivity contribution >= 4 is 21.7 Å². The van der Waals surface area contributed by atoms with Crippen LogP contribution in [0.5, 0.6) is 11.5 Å². The molecule has 190 valence electrons. The summed E-state index contributed by atoms with van der Waals surface area (Å²) < 4.78 is 34.8. The molecule has 3 aromatic carbocycles. The Kier molecular flexibility index (Phi) is 7.48. The van der Waals surface area contributed by atoms with Gasteiger partial charge in [0.15, 0.2) is 0 Å². The fourth-order valence-corrected chi connectivity index (χ4v) is 5.62. The number of aromatic carboxylic acids is 1. The predicted molar refractivity (Wildman–Crippen MR) is 135 cm³/mol. The van der Waals surface area contributed by atoms with Crippen molar-refractivity contribution in [3.05, 3.63) is 71.8 Å². The van der Waals surface area contributed by atoms with Crippen LogP contribution in [0, 0.1) is 0 Å². The quantitative estimate of drug-likeness (QED) is 0.355. The lowest BCUT2D eigenvalue weighted by Gasteiger charge is -2.35. The molecule has 1 aliphatic rings. The summed E-state index contributed by atoms with van der Waals surface area (Å²) in [7, 11) is -4.13. The van der Waals surface area contributed by atoms with Crippen LogP contribution in [-0.4, -0.2) is 60.9 Å². The largest absolute Gasteiger partial charge is 0.507 e. The molecule has 10 heteroatoms. The number of phenolic OH excluding ortho intramolecular Hbond substituents is 1. The molecule has 0 amide bonds. The fourth-order valence-electron chi connectivity index (χ4n) is 4.49. The first kappa shape index (κ1) is 25.5. The van der Waals surface area contributed by atoms with Crippen LogP contribution in [0.4, 0.5) is 5.69 Å². The van der Waals surface area contributed by atoms with E-state index in [9.17, 15) is 28.5 Å². The maximum absolute atomic E-state index is 13.4. The van der Waals surface area contributed by atoms with Gasteiger partial charge in [0.25, 0.3) is 10.0 Å². The van der Waals surface area contributed by atoms with E-state index in [4.69, 9.17) is 4.74 Å². The number of ether oxygens (including phenoxy) is 1. The van der Waals surface area contributed by atoms with Gasteiger partial charge < -0.3 is 20.1 Å². The number of aromatic hydroxyl groups is 2. The zero-order valence-corrected chi connectivity index (χ0v) is 20.5. The first-order valence-electron chi connectivity index (χ1n) is 11.5. The van der Waals surface area contributed by atoms with Crippen molar-refractivity contribution in [2.45, 2.75) is 24.3 Å². The summed E-state index contributed by atoms with van der Waals surface area (Å²) in [6, 6.07) is 14.9. The molecule has 1 fully saturated rings. The van der Waals surface area contributed by atoms with Crippen molar-refractivity contribution in [2.75, 3.05) is 31.0 Å². The summed E-state index contributed by atoms with van der Waals surface area (Å²) in [5.41, 5.74) is 1.00. The van der Waals surface area contributed by atoms with E-state index in [1.807, 2.05) is 11.8 Å². The van der Waals surface area contributed by atoms with Crippen LogP contribution in [0.3, 0.4) is 0 Å². The van der Waals surface area contributed by atoms with Crippen molar-refractivity contribution in [2.24, 2.45) is 0 Å². The monoisotopic (exact) mass is 512 g/mol. The molecular weight excluding hydrogens is 484 g/mol. The Morgan fingerprint density at radius 1 is 1.06 bits per heavy atom. The molecule has 1 unspecified atom stereocenters. The summed E-state index contributed by atoms with van der Waals surface area (Å²) >= 11 is 0. The molecule has 0 saturated carbocycles. The van der Waals surface area contributed by atoms with E-state index >= 15 is 0 Å². The molecule has 3 aromatic rings. The number of benzene rings is 3. The van der Waals surface area contributed by atoms with Crippen molar-refractivity contribution in [3.63, 3.8) is 0 Å². The maximum Gasteiger partial charge on any atom is 0.339 e. The highest BCUT2D eigenvalue weighted by Crippen LogP contribution is 2.40. The Labute approximate surface area is 209 Å². The number of hydrogen-bond donors (Lipinski definition) is 4. The Morgan fingerprint density at radius 3 is 2.44 bits per heavy atom. The molecule has 0 radical (unpaired) electrons. The van der Waals surface area contributed by atoms with Gasteiger partial charge in [0.05, 0.1) is 23.8 Å². The van der Waals surface area contributed by atoms with E-state index in [0.29, 0.717) is 43.9 Å². The first-order valence-corrected chi connectivity index (χ1v) is 13.0. The Morgan fingerprint density at radius 2 is 1.78 bits per heavy atom. The van der Waals surface area contributed by atoms with Crippen LogP contribution in [0.25, 0.3) is 11.1 Å². The Balaban J connectivity index is 1.76. The topological polar surface area (TPSA) is 136 Å². The molecule has 0 bridgehead atoms. The summed E-state index contributed by atoms with van der Waals surface area (Å²) in [6.45, 7) is 3.97. The fraction of sp³-hybridized carbons (Fsp3) is 0.269. The lowest BCUT2D eigenvalue weighted by molar-refractivity contribution is 0.0149. The summed E-state index contributed by atoms with van der Waals surface area (Å²) in [6.07, 6.45) is 0.508. The number of morpholine rings is 1. The summed E-state index contributed by atoms with van der Waals surface area (Å²) in [4.78, 5) is 13.7. The van der Waals surface area contributed by atoms with Gasteiger partial charge in [0.1, 0.15) is 17.1 Å². The third-order valence-electron chi connectivity index (χ3n) is 6.26. The maximum atomic E-state index is 13.4. The van der Waals surface area contributed by atoms with Gasteiger partial charge in [0.2, 0.25) is 0 Å². The van der Waals surface area contributed by atoms with Crippen LogP contribution >= 0.6 is 0 Å². The molecule has 0 aromatic heterocycles. The molecule has 1 aliphatic heterocycles. The zero-order chi connectivity index (χ0) is 25.9. The highest BCUT2D eigenvalue weighted by molar-refractivity contribution is 7.92. The second-order valence-corrected chi connectivity index (χ2v) is 10.1. The second-order valence-electron chi connectivity index (χ2n) is 8.45. The minimum Gasteiger partial charge on any atom is -0.507 e. The van der Waals surface area contributed by atoms with E-state index < -0.39 is 27.8 Å². The molecule has 9 nitrogen and oxygen atoms in total. The molecule has 0 aliphatic carbocycles. The molecule has 1 saturated heterocycles. The average molecular weight is 513 g/mol. The highest BCUT2D eigenvalue weighted by Gasteiger charge is 2.30. The van der Waals surface area contributed by atoms with Gasteiger partial charge >= 0.3 is 5.97 Å². The third-order valence-corrected chi connectivity index (χ3v) is 7.62. The minimum absolute atomic E-state index is 0.0211. The van der Waals surface area contributed by atoms with Crippen LogP contribution < -0.4 is 4.72 Å². The Hall–Kier alpha value is -3.60. The molecular formula is C26H28N2O7S. The highest BCUT2D eigenvalue weighted by atomic mass is 32.2. The normalized spacial score (nSPS) is 15.4. The number of phenols is 2. The number of anilines is 1. The van der Waals surface area contributed by atoms with Crippen molar-refractivity contribution in [3.8, 4) is 22.6 Å². The molecule has 1 heterocycles. The molecule has 36 heavy (non-hydrogen) atoms. The van der Waals surface area contributed by atoms with E-state index in [0.717, 1.165) is 0 Å². The number of hydrogen-bond acceptors (Lipinski definition) is 7. The average Bonchev–Trinajstić information content (AvgIpc) is 2.87. The summed E-state index contributed by atoms with van der Waals surface area (Å²) in [5, 5.41) is 30.7. The molecule has 4 rings (SSSR count). The van der Waals surface area contributed by atoms with Crippen molar-refractivity contribution in [1.82, 2.24) is 4.90 Å². The van der Waals surface area contributed by atoms with Gasteiger partial charge in [-0.15, -0.1) is 0 Å². The van der Waals surface area contributed by atoms with E-state index in [1.54, 1.807) is 30.3 Å². The third kappa shape index (κ3) is 5.15. The molecule has 0 spiro atoms. The number of sulfonamides is 1. The van der Waals surface area contributed by atoms with Crippen LogP contribution in [0.1, 0.15) is 35.3 Å². The van der Waals surface area contributed by atoms with Crippen LogP contribution in [0.2, 0.25) is 0 Å². The zero-order valence-electron chi connectivity index (χ0n) is 19.7. The van der Waals surface area contributed by atoms with Gasteiger partial charge in [-0.2, -0.15) is 0 Å². The van der Waals surface area contributed by atoms with Gasteiger partial charge in [-0.3, -0.25) is 9.62 Å². The van der Waals surface area contributed by atoms with Gasteiger partial charge in [-0.25, -0.2) is 13.2 Å². The van der Waals surface area contributed by atoms with E-state index in [1.165, 1.54) is 30.3 Å². The van der Waals surface area contributed by atoms with E-state index in [-0.39, 0.29) is 27.5 Å². The lowest BCUT2D eigenvalue weighted by Crippen LogP contribution is -2.39. The van der Waals surface area contributed by atoms with Crippen molar-refractivity contribution < 1.29 is 33.3 Å². The molecule has 4 N–H and O–H groups in total. The summed E-state index contributed by atoms with van der Waals surface area (Å²) in [5.74, 6) is -1.76. The van der Waals surface area contributed by atoms with Gasteiger partial charge in [0, 0.05) is 30.3 Å². The van der Waals surface area contributed by atoms with E-state index in [2.05, 4.69) is 4.72 Å². The lowest BCUT2D eigenvalue weighted by atomic mass is 9.96. The van der Waals surface area contributed by atoms with Gasteiger partial charge in [-0.05, 0) is 42.3 Å². The standard InChI is InChI=1S/C26H28N2O7S/c1-2-22(28-12-14-35-15-13-28)24-21(11-10-20(25(24)30)26(31)32)27-36(33,34)18-7-5-6-17(16-18)19-8-3-4-9-23(19)29/h3-11,16,22,27,29-30H,2,12-15H2,1H3,(H,31,32). The van der Waals surface area contributed by atoms with Crippen LogP contribution in [-0.2, 0) is 14.8 Å². The first-order chi connectivity index (χ1) is 17.2. The number of nitrogens with zero attached hydrogens (tertiary/aromatic N) is 1. The number of carboxylic acid groups (broad SMARTS) is 1. The Bertz CT molecular complexity index is 1370. The number of carbonyl (C=O) groups is 1.